The molecule has 0 atom stereocenters. The van der Waals surface area contributed by atoms with Crippen LogP contribution < -0.4 is 4.90 Å². The van der Waals surface area contributed by atoms with Crippen LogP contribution in [0.1, 0.15) is 10.5 Å². The molecule has 1 fully saturated rings. The molecule has 6 nitrogen and oxygen atoms in total. The lowest BCUT2D eigenvalue weighted by atomic mass is 10.2. The number of hydrogen-bond acceptors (Lipinski definition) is 4. The summed E-state index contributed by atoms with van der Waals surface area (Å²) in [6.45, 7) is 2.91. The molecule has 7 heteroatoms. The molecule has 1 saturated heterocycles. The van der Waals surface area contributed by atoms with Crippen molar-refractivity contribution in [2.45, 2.75) is 0 Å². The largest absolute Gasteiger partial charge is 0.353 e. The monoisotopic (exact) mass is 399 g/mol. The first-order valence-corrected chi connectivity index (χ1v) is 8.98. The van der Waals surface area contributed by atoms with Crippen LogP contribution in [0.4, 0.5) is 5.82 Å². The molecule has 0 bridgehead atoms. The number of imidazole rings is 1. The van der Waals surface area contributed by atoms with E-state index < -0.39 is 0 Å². The highest BCUT2D eigenvalue weighted by Crippen LogP contribution is 2.22. The number of fused-ring (bicyclic) bond motifs is 1. The van der Waals surface area contributed by atoms with Crippen molar-refractivity contribution in [2.24, 2.45) is 7.05 Å². The number of pyridine rings is 1. The average molecular weight is 400 g/mol. The van der Waals surface area contributed by atoms with E-state index in [0.29, 0.717) is 18.8 Å². The molecule has 3 aromatic rings. The van der Waals surface area contributed by atoms with Crippen LogP contribution in [-0.2, 0) is 7.05 Å². The lowest BCUT2D eigenvalue weighted by molar-refractivity contribution is 0.0737. The van der Waals surface area contributed by atoms with E-state index in [1.807, 2.05) is 24.1 Å². The quantitative estimate of drug-likeness (QED) is 0.664. The highest BCUT2D eigenvalue weighted by atomic mass is 79.9. The smallest absolute Gasteiger partial charge is 0.272 e. The fourth-order valence-corrected chi connectivity index (χ4v) is 3.47. The predicted octanol–water partition coefficient (Wildman–Crippen LogP) is 2.69. The number of benzene rings is 1. The summed E-state index contributed by atoms with van der Waals surface area (Å²) in [6, 6.07) is 10.3. The van der Waals surface area contributed by atoms with Gasteiger partial charge in [-0.3, -0.25) is 4.79 Å². The molecule has 1 aromatic carbocycles. The van der Waals surface area contributed by atoms with Gasteiger partial charge in [-0.15, -0.1) is 0 Å². The van der Waals surface area contributed by atoms with E-state index in [-0.39, 0.29) is 5.91 Å². The van der Waals surface area contributed by atoms with Crippen LogP contribution in [0.15, 0.2) is 47.3 Å². The molecule has 0 unspecified atom stereocenters. The minimum absolute atomic E-state index is 0.0371. The molecule has 1 aliphatic heterocycles. The Morgan fingerprint density at radius 1 is 1.12 bits per heavy atom. The van der Waals surface area contributed by atoms with Gasteiger partial charge in [-0.05, 0) is 24.3 Å². The number of piperazine rings is 1. The Bertz CT molecular complexity index is 930. The lowest BCUT2D eigenvalue weighted by Gasteiger charge is -2.35. The van der Waals surface area contributed by atoms with Crippen LogP contribution in [0.2, 0.25) is 0 Å². The first-order chi connectivity index (χ1) is 12.1. The zero-order valence-electron chi connectivity index (χ0n) is 13.9. The molecular weight excluding hydrogens is 382 g/mol. The summed E-state index contributed by atoms with van der Waals surface area (Å²) < 4.78 is 2.79. The van der Waals surface area contributed by atoms with Crippen LogP contribution in [-0.4, -0.2) is 51.5 Å². The molecular formula is C18H18BrN5O. The highest BCUT2D eigenvalue weighted by Gasteiger charge is 2.24. The van der Waals surface area contributed by atoms with Gasteiger partial charge in [0, 0.05) is 43.1 Å². The van der Waals surface area contributed by atoms with Gasteiger partial charge in [0.05, 0.1) is 18.0 Å². The number of amides is 1. The minimum atomic E-state index is 0.0371. The van der Waals surface area contributed by atoms with Crippen LogP contribution in [0.3, 0.4) is 0 Å². The van der Waals surface area contributed by atoms with Crippen molar-refractivity contribution in [3.05, 3.63) is 53.0 Å². The number of carbonyl (C=O) groups is 1. The van der Waals surface area contributed by atoms with Crippen LogP contribution in [0.5, 0.6) is 0 Å². The first kappa shape index (κ1) is 16.1. The van der Waals surface area contributed by atoms with Gasteiger partial charge in [0.25, 0.3) is 5.91 Å². The molecule has 0 radical (unpaired) electrons. The number of rotatable bonds is 2. The molecule has 0 N–H and O–H groups in total. The molecule has 0 aliphatic carbocycles. The van der Waals surface area contributed by atoms with E-state index in [0.717, 1.165) is 34.3 Å². The van der Waals surface area contributed by atoms with Crippen LogP contribution >= 0.6 is 15.9 Å². The summed E-state index contributed by atoms with van der Waals surface area (Å²) in [4.78, 5) is 25.5. The number of carbonyl (C=O) groups excluding carboxylic acids is 1. The Balaban J connectivity index is 1.48. The van der Waals surface area contributed by atoms with Crippen molar-refractivity contribution in [1.29, 1.82) is 0 Å². The van der Waals surface area contributed by atoms with Gasteiger partial charge < -0.3 is 14.4 Å². The van der Waals surface area contributed by atoms with Crippen molar-refractivity contribution in [3.63, 3.8) is 0 Å². The Morgan fingerprint density at radius 2 is 1.88 bits per heavy atom. The van der Waals surface area contributed by atoms with Crippen molar-refractivity contribution in [3.8, 4) is 0 Å². The SMILES string of the molecule is Cn1cncc1C(=O)N1CCN(c2ccc3ccc(Br)cc3n2)CC1. The maximum atomic E-state index is 12.6. The van der Waals surface area contributed by atoms with Gasteiger partial charge >= 0.3 is 0 Å². The summed E-state index contributed by atoms with van der Waals surface area (Å²) in [5.41, 5.74) is 1.60. The standard InChI is InChI=1S/C18H18BrN5O/c1-22-12-20-11-16(22)18(25)24-8-6-23(7-9-24)17-5-3-13-2-4-14(19)10-15(13)21-17/h2-5,10-12H,6-9H2,1H3. The van der Waals surface area contributed by atoms with Gasteiger partial charge in [-0.2, -0.15) is 0 Å². The molecule has 1 aliphatic rings. The number of halogens is 1. The van der Waals surface area contributed by atoms with Crippen LogP contribution in [0.25, 0.3) is 10.9 Å². The second kappa shape index (κ2) is 6.48. The molecule has 4 rings (SSSR count). The predicted molar refractivity (Wildman–Crippen MR) is 101 cm³/mol. The summed E-state index contributed by atoms with van der Waals surface area (Å²) in [5, 5.41) is 1.12. The number of aryl methyl sites for hydroxylation is 1. The fourth-order valence-electron chi connectivity index (χ4n) is 3.12. The molecule has 0 saturated carbocycles. The van der Waals surface area contributed by atoms with Gasteiger partial charge in [-0.1, -0.05) is 22.0 Å². The van der Waals surface area contributed by atoms with Gasteiger partial charge in [0.15, 0.2) is 0 Å². The third-order valence-electron chi connectivity index (χ3n) is 4.57. The summed E-state index contributed by atoms with van der Waals surface area (Å²) in [6.07, 6.45) is 3.28. The van der Waals surface area contributed by atoms with Gasteiger partial charge in [-0.25, -0.2) is 9.97 Å². The molecule has 3 heterocycles. The van der Waals surface area contributed by atoms with E-state index in [9.17, 15) is 4.79 Å². The summed E-state index contributed by atoms with van der Waals surface area (Å²) >= 11 is 3.50. The molecule has 25 heavy (non-hydrogen) atoms. The first-order valence-electron chi connectivity index (χ1n) is 8.19. The van der Waals surface area contributed by atoms with Crippen molar-refractivity contribution in [2.75, 3.05) is 31.1 Å². The van der Waals surface area contributed by atoms with Crippen molar-refractivity contribution < 1.29 is 4.79 Å². The Kier molecular flexibility index (Phi) is 4.17. The Hall–Kier alpha value is -2.41. The fraction of sp³-hybridized carbons (Fsp3) is 0.278. The lowest BCUT2D eigenvalue weighted by Crippen LogP contribution is -2.49. The molecule has 2 aromatic heterocycles. The maximum absolute atomic E-state index is 12.6. The third-order valence-corrected chi connectivity index (χ3v) is 5.06. The zero-order valence-corrected chi connectivity index (χ0v) is 15.5. The van der Waals surface area contributed by atoms with E-state index in [4.69, 9.17) is 4.98 Å². The summed E-state index contributed by atoms with van der Waals surface area (Å²) in [5.74, 6) is 0.994. The number of nitrogens with zero attached hydrogens (tertiary/aromatic N) is 5. The van der Waals surface area contributed by atoms with Gasteiger partial charge in [0.1, 0.15) is 11.5 Å². The number of aromatic nitrogens is 3. The van der Waals surface area contributed by atoms with E-state index in [2.05, 4.69) is 44.0 Å². The topological polar surface area (TPSA) is 54.3 Å². The highest BCUT2D eigenvalue weighted by molar-refractivity contribution is 9.10. The molecule has 1 amide bonds. The molecule has 128 valence electrons. The maximum Gasteiger partial charge on any atom is 0.272 e. The van der Waals surface area contributed by atoms with E-state index >= 15 is 0 Å². The zero-order chi connectivity index (χ0) is 17.4. The van der Waals surface area contributed by atoms with E-state index in [1.54, 1.807) is 17.1 Å². The average Bonchev–Trinajstić information content (AvgIpc) is 3.06. The third kappa shape index (κ3) is 3.11. The number of anilines is 1. The second-order valence-electron chi connectivity index (χ2n) is 6.18. The second-order valence-corrected chi connectivity index (χ2v) is 7.09. The Labute approximate surface area is 154 Å². The Morgan fingerprint density at radius 3 is 2.60 bits per heavy atom. The normalized spacial score (nSPS) is 15.0. The minimum Gasteiger partial charge on any atom is -0.353 e. The van der Waals surface area contributed by atoms with Gasteiger partial charge in [0.2, 0.25) is 0 Å². The van der Waals surface area contributed by atoms with E-state index in [1.165, 1.54) is 0 Å². The summed E-state index contributed by atoms with van der Waals surface area (Å²) in [7, 11) is 1.84. The number of hydrogen-bond donors (Lipinski definition) is 0. The van der Waals surface area contributed by atoms with Crippen LogP contribution in [0, 0.1) is 0 Å². The van der Waals surface area contributed by atoms with Crippen molar-refractivity contribution in [1.82, 2.24) is 19.4 Å². The molecule has 0 spiro atoms. The van der Waals surface area contributed by atoms with Crippen molar-refractivity contribution >= 4 is 38.6 Å².